The van der Waals surface area contributed by atoms with E-state index in [1.807, 2.05) is 58.8 Å². The van der Waals surface area contributed by atoms with Gasteiger partial charge in [0.05, 0.1) is 6.67 Å². The summed E-state index contributed by atoms with van der Waals surface area (Å²) >= 11 is 11.6. The number of allylic oxidation sites excluding steroid dienone is 1. The second kappa shape index (κ2) is 8.40. The Kier molecular flexibility index (Phi) is 5.98. The molecule has 0 radical (unpaired) electrons. The van der Waals surface area contributed by atoms with Crippen molar-refractivity contribution >= 4 is 23.8 Å². The summed E-state index contributed by atoms with van der Waals surface area (Å²) in [6.45, 7) is 5.78. The predicted molar refractivity (Wildman–Crippen MR) is 107 cm³/mol. The maximum atomic E-state index is 5.95. The summed E-state index contributed by atoms with van der Waals surface area (Å²) in [4.78, 5) is 6.33. The third kappa shape index (κ3) is 4.27. The van der Waals surface area contributed by atoms with Crippen LogP contribution in [-0.4, -0.2) is 31.3 Å². The third-order valence-corrected chi connectivity index (χ3v) is 4.58. The lowest BCUT2D eigenvalue weighted by Gasteiger charge is -2.16. The number of hydrogen-bond acceptors (Lipinski definition) is 4. The summed E-state index contributed by atoms with van der Waals surface area (Å²) < 4.78 is 4.46. The van der Waals surface area contributed by atoms with Crippen LogP contribution in [0.4, 0.5) is 0 Å². The Morgan fingerprint density at radius 3 is 2.69 bits per heavy atom. The fourth-order valence-electron chi connectivity index (χ4n) is 2.72. The maximum absolute atomic E-state index is 5.95. The van der Waals surface area contributed by atoms with E-state index in [0.717, 1.165) is 23.0 Å². The van der Waals surface area contributed by atoms with Gasteiger partial charge < -0.3 is 0 Å². The molecule has 0 amide bonds. The first-order valence-corrected chi connectivity index (χ1v) is 8.99. The lowest BCUT2D eigenvalue weighted by Crippen LogP contribution is -2.22. The van der Waals surface area contributed by atoms with E-state index in [2.05, 4.69) is 16.5 Å². The number of pyridine rings is 1. The molecule has 0 unspecified atom stereocenters. The van der Waals surface area contributed by atoms with Gasteiger partial charge in [0.25, 0.3) is 0 Å². The van der Waals surface area contributed by atoms with Crippen molar-refractivity contribution in [2.75, 3.05) is 7.05 Å². The van der Waals surface area contributed by atoms with Crippen molar-refractivity contribution in [2.24, 2.45) is 0 Å². The van der Waals surface area contributed by atoms with E-state index in [1.54, 1.807) is 12.4 Å². The van der Waals surface area contributed by atoms with Crippen LogP contribution in [0.5, 0.6) is 0 Å². The zero-order valence-electron chi connectivity index (χ0n) is 14.5. The Morgan fingerprint density at radius 2 is 2.04 bits per heavy atom. The topological polar surface area (TPSA) is 38.9 Å². The largest absolute Gasteiger partial charge is 0.296 e. The van der Waals surface area contributed by atoms with Crippen molar-refractivity contribution in [3.05, 3.63) is 76.8 Å². The zero-order valence-corrected chi connectivity index (χ0v) is 16.1. The Labute approximate surface area is 163 Å². The first-order valence-electron chi connectivity index (χ1n) is 8.20. The summed E-state index contributed by atoms with van der Waals surface area (Å²) in [5.41, 5.74) is 2.11. The highest BCUT2D eigenvalue weighted by Gasteiger charge is 2.13. The van der Waals surface area contributed by atoms with Gasteiger partial charge in [0.15, 0.2) is 10.6 Å². The Bertz CT molecular complexity index is 931. The van der Waals surface area contributed by atoms with Crippen LogP contribution in [0.25, 0.3) is 11.4 Å². The molecule has 0 aliphatic heterocycles. The first-order chi connectivity index (χ1) is 12.6. The molecule has 5 nitrogen and oxygen atoms in total. The van der Waals surface area contributed by atoms with Gasteiger partial charge in [-0.05, 0) is 49.1 Å². The van der Waals surface area contributed by atoms with Gasteiger partial charge in [0.1, 0.15) is 0 Å². The van der Waals surface area contributed by atoms with Crippen molar-refractivity contribution in [1.29, 1.82) is 0 Å². The standard InChI is InChI=1S/C19H20ClN5S/c1-3-11-24-18(16-5-4-10-21-12-16)22-25(19(24)26)14-23(2)13-15-6-8-17(20)9-7-15/h3-10,12H,1,11,13-14H2,2H3. The van der Waals surface area contributed by atoms with Crippen LogP contribution in [0.2, 0.25) is 5.02 Å². The van der Waals surface area contributed by atoms with E-state index >= 15 is 0 Å². The molecule has 0 spiro atoms. The molecule has 0 aliphatic rings. The number of rotatable bonds is 7. The van der Waals surface area contributed by atoms with E-state index in [1.165, 1.54) is 5.56 Å². The van der Waals surface area contributed by atoms with Crippen LogP contribution in [0.15, 0.2) is 61.4 Å². The molecule has 0 atom stereocenters. The average molecular weight is 386 g/mol. The minimum absolute atomic E-state index is 0.582. The molecule has 2 aromatic heterocycles. The molecule has 0 bridgehead atoms. The quantitative estimate of drug-likeness (QED) is 0.446. The molecule has 7 heteroatoms. The first kappa shape index (κ1) is 18.5. The van der Waals surface area contributed by atoms with Crippen LogP contribution >= 0.6 is 23.8 Å². The molecule has 26 heavy (non-hydrogen) atoms. The van der Waals surface area contributed by atoms with E-state index in [9.17, 15) is 0 Å². The normalized spacial score (nSPS) is 11.0. The second-order valence-electron chi connectivity index (χ2n) is 6.03. The van der Waals surface area contributed by atoms with E-state index in [4.69, 9.17) is 28.9 Å². The number of halogens is 1. The van der Waals surface area contributed by atoms with Gasteiger partial charge in [-0.3, -0.25) is 14.5 Å². The van der Waals surface area contributed by atoms with Gasteiger partial charge in [0.2, 0.25) is 0 Å². The van der Waals surface area contributed by atoms with Gasteiger partial charge in [-0.2, -0.15) is 5.10 Å². The van der Waals surface area contributed by atoms with Crippen molar-refractivity contribution in [3.63, 3.8) is 0 Å². The number of hydrogen-bond donors (Lipinski definition) is 0. The molecular weight excluding hydrogens is 366 g/mol. The predicted octanol–water partition coefficient (Wildman–Crippen LogP) is 4.40. The fraction of sp³-hybridized carbons (Fsp3) is 0.211. The average Bonchev–Trinajstić information content (AvgIpc) is 2.94. The van der Waals surface area contributed by atoms with Crippen LogP contribution < -0.4 is 0 Å². The van der Waals surface area contributed by atoms with Crippen molar-refractivity contribution in [2.45, 2.75) is 19.8 Å². The summed E-state index contributed by atoms with van der Waals surface area (Å²) in [5.74, 6) is 0.794. The summed E-state index contributed by atoms with van der Waals surface area (Å²) in [6, 6.07) is 11.7. The molecule has 0 saturated heterocycles. The van der Waals surface area contributed by atoms with E-state index in [-0.39, 0.29) is 0 Å². The van der Waals surface area contributed by atoms with E-state index < -0.39 is 0 Å². The minimum Gasteiger partial charge on any atom is -0.296 e. The highest BCUT2D eigenvalue weighted by Crippen LogP contribution is 2.18. The molecule has 2 heterocycles. The van der Waals surface area contributed by atoms with Crippen LogP contribution in [0.3, 0.4) is 0 Å². The van der Waals surface area contributed by atoms with Crippen molar-refractivity contribution in [1.82, 2.24) is 24.2 Å². The third-order valence-electron chi connectivity index (χ3n) is 3.90. The fourth-order valence-corrected chi connectivity index (χ4v) is 3.10. The minimum atomic E-state index is 0.582. The highest BCUT2D eigenvalue weighted by atomic mass is 35.5. The molecule has 134 valence electrons. The van der Waals surface area contributed by atoms with Gasteiger partial charge >= 0.3 is 0 Å². The van der Waals surface area contributed by atoms with Crippen LogP contribution in [0, 0.1) is 4.77 Å². The molecule has 0 N–H and O–H groups in total. The number of benzene rings is 1. The molecule has 1 aromatic carbocycles. The summed E-state index contributed by atoms with van der Waals surface area (Å²) in [7, 11) is 2.03. The smallest absolute Gasteiger partial charge is 0.199 e. The Hall–Kier alpha value is -2.28. The second-order valence-corrected chi connectivity index (χ2v) is 6.83. The van der Waals surface area contributed by atoms with Gasteiger partial charge in [0, 0.05) is 36.1 Å². The SMILES string of the molecule is C=CCn1c(-c2cccnc2)nn(CN(C)Cc2ccc(Cl)cc2)c1=S. The zero-order chi connectivity index (χ0) is 18.5. The lowest BCUT2D eigenvalue weighted by molar-refractivity contribution is 0.244. The maximum Gasteiger partial charge on any atom is 0.199 e. The summed E-state index contributed by atoms with van der Waals surface area (Å²) in [6.07, 6.45) is 5.35. The molecule has 3 rings (SSSR count). The van der Waals surface area contributed by atoms with Crippen LogP contribution in [-0.2, 0) is 19.8 Å². The van der Waals surface area contributed by atoms with Gasteiger partial charge in [-0.1, -0.05) is 29.8 Å². The monoisotopic (exact) mass is 385 g/mol. The van der Waals surface area contributed by atoms with Gasteiger partial charge in [-0.25, -0.2) is 4.68 Å². The Morgan fingerprint density at radius 1 is 1.27 bits per heavy atom. The van der Waals surface area contributed by atoms with E-state index in [0.29, 0.717) is 18.0 Å². The van der Waals surface area contributed by atoms with Crippen LogP contribution in [0.1, 0.15) is 5.56 Å². The van der Waals surface area contributed by atoms with Crippen molar-refractivity contribution < 1.29 is 0 Å². The molecule has 0 saturated carbocycles. The lowest BCUT2D eigenvalue weighted by atomic mass is 10.2. The molecule has 0 aliphatic carbocycles. The number of nitrogens with zero attached hydrogens (tertiary/aromatic N) is 5. The van der Waals surface area contributed by atoms with Gasteiger partial charge in [-0.15, -0.1) is 6.58 Å². The Balaban J connectivity index is 1.84. The summed E-state index contributed by atoms with van der Waals surface area (Å²) in [5, 5.41) is 5.46. The highest BCUT2D eigenvalue weighted by molar-refractivity contribution is 7.71. The molecule has 3 aromatic rings. The molecule has 0 fully saturated rings. The molecular formula is C19H20ClN5S. The van der Waals surface area contributed by atoms with Crippen molar-refractivity contribution in [3.8, 4) is 11.4 Å². The number of aromatic nitrogens is 4.